The van der Waals surface area contributed by atoms with Gasteiger partial charge in [0.05, 0.1) is 16.9 Å². The number of anilines is 2. The van der Waals surface area contributed by atoms with Crippen LogP contribution in [0.4, 0.5) is 11.4 Å². The predicted molar refractivity (Wildman–Crippen MR) is 134 cm³/mol. The Kier molecular flexibility index (Phi) is 7.67. The van der Waals surface area contributed by atoms with E-state index < -0.39 is 5.97 Å². The highest BCUT2D eigenvalue weighted by atomic mass is 79.9. The van der Waals surface area contributed by atoms with Crippen LogP contribution < -0.4 is 10.2 Å². The van der Waals surface area contributed by atoms with Crippen LogP contribution in [0, 0.1) is 0 Å². The van der Waals surface area contributed by atoms with Gasteiger partial charge in [0.15, 0.2) is 0 Å². The van der Waals surface area contributed by atoms with Gasteiger partial charge in [-0.2, -0.15) is 0 Å². The highest BCUT2D eigenvalue weighted by Crippen LogP contribution is 2.31. The minimum absolute atomic E-state index is 0.131. The minimum Gasteiger partial charge on any atom is -0.381 e. The maximum atomic E-state index is 13.5. The van der Waals surface area contributed by atoms with E-state index in [0.717, 1.165) is 43.9 Å². The molecule has 0 unspecified atom stereocenters. The van der Waals surface area contributed by atoms with Crippen molar-refractivity contribution in [2.75, 3.05) is 49.5 Å². The first kappa shape index (κ1) is 23.7. The number of hydrogen-bond donors (Lipinski definition) is 1. The van der Waals surface area contributed by atoms with Crippen LogP contribution in [-0.4, -0.2) is 67.1 Å². The Bertz CT molecular complexity index is 1010. The first-order chi connectivity index (χ1) is 16.0. The maximum Gasteiger partial charge on any atom is 0.358 e. The van der Waals surface area contributed by atoms with Gasteiger partial charge in [-0.05, 0) is 72.6 Å². The van der Waals surface area contributed by atoms with Crippen LogP contribution in [0.3, 0.4) is 0 Å². The summed E-state index contributed by atoms with van der Waals surface area (Å²) in [5.41, 5.74) is 2.60. The molecule has 33 heavy (non-hydrogen) atoms. The number of amides is 1. The van der Waals surface area contributed by atoms with E-state index >= 15 is 0 Å². The van der Waals surface area contributed by atoms with Crippen molar-refractivity contribution in [1.29, 1.82) is 0 Å². The van der Waals surface area contributed by atoms with Crippen LogP contribution in [-0.2, 0) is 4.84 Å². The first-order valence-corrected chi connectivity index (χ1v) is 12.4. The van der Waals surface area contributed by atoms with E-state index in [9.17, 15) is 9.59 Å². The maximum absolute atomic E-state index is 13.5. The number of hydrogen-bond acceptors (Lipinski definition) is 6. The van der Waals surface area contributed by atoms with Gasteiger partial charge in [0, 0.05) is 48.8 Å². The van der Waals surface area contributed by atoms with Gasteiger partial charge in [0.1, 0.15) is 0 Å². The van der Waals surface area contributed by atoms with Crippen LogP contribution in [0.1, 0.15) is 47.4 Å². The summed E-state index contributed by atoms with van der Waals surface area (Å²) in [7, 11) is 0. The standard InChI is InChI=1S/C25H31BrN4O3/c1-3-11-28-13-15-29(16-14-28)33-25(32)20-17-19(8-9-21(20)26)24(31)30-12-10-18(2)27-22-6-4-5-7-23(22)30/h4-9,17-18,27H,3,10-16H2,1-2H3/t18-/m0/s1. The zero-order valence-corrected chi connectivity index (χ0v) is 20.8. The number of hydroxylamine groups is 2. The summed E-state index contributed by atoms with van der Waals surface area (Å²) in [6.07, 6.45) is 1.94. The first-order valence-electron chi connectivity index (χ1n) is 11.6. The van der Waals surface area contributed by atoms with Crippen molar-refractivity contribution < 1.29 is 14.4 Å². The average Bonchev–Trinajstić information content (AvgIpc) is 2.98. The summed E-state index contributed by atoms with van der Waals surface area (Å²) >= 11 is 3.45. The second-order valence-corrected chi connectivity index (χ2v) is 9.51. The van der Waals surface area contributed by atoms with Gasteiger partial charge in [-0.1, -0.05) is 19.1 Å². The summed E-state index contributed by atoms with van der Waals surface area (Å²) in [5.74, 6) is -0.583. The zero-order valence-electron chi connectivity index (χ0n) is 19.2. The van der Waals surface area contributed by atoms with E-state index in [1.165, 1.54) is 0 Å². The molecule has 0 aliphatic carbocycles. The van der Waals surface area contributed by atoms with E-state index in [-0.39, 0.29) is 11.9 Å². The molecule has 8 heteroatoms. The number of carbonyl (C=O) groups excluding carboxylic acids is 2. The normalized spacial score (nSPS) is 19.4. The van der Waals surface area contributed by atoms with E-state index in [1.54, 1.807) is 28.2 Å². The lowest BCUT2D eigenvalue weighted by Crippen LogP contribution is -2.47. The number of nitrogens with zero attached hydrogens (tertiary/aromatic N) is 3. The SMILES string of the molecule is CCCN1CCN(OC(=O)c2cc(C(=O)N3CC[C@H](C)Nc4ccccc43)ccc2Br)CC1. The molecule has 7 nitrogen and oxygen atoms in total. The molecule has 0 radical (unpaired) electrons. The summed E-state index contributed by atoms with van der Waals surface area (Å²) in [6, 6.07) is 13.2. The second kappa shape index (κ2) is 10.7. The monoisotopic (exact) mass is 514 g/mol. The molecule has 1 amide bonds. The van der Waals surface area contributed by atoms with Gasteiger partial charge in [0.2, 0.25) is 0 Å². The Labute approximate surface area is 203 Å². The van der Waals surface area contributed by atoms with Crippen molar-refractivity contribution in [2.24, 2.45) is 0 Å². The summed E-state index contributed by atoms with van der Waals surface area (Å²) in [6.45, 7) is 9.05. The Morgan fingerprint density at radius 3 is 2.61 bits per heavy atom. The molecule has 2 aliphatic heterocycles. The van der Waals surface area contributed by atoms with E-state index in [2.05, 4.69) is 40.0 Å². The lowest BCUT2D eigenvalue weighted by molar-refractivity contribution is -0.130. The lowest BCUT2D eigenvalue weighted by atomic mass is 10.1. The lowest BCUT2D eigenvalue weighted by Gasteiger charge is -2.33. The summed E-state index contributed by atoms with van der Waals surface area (Å²) in [5, 5.41) is 5.19. The van der Waals surface area contributed by atoms with Gasteiger partial charge < -0.3 is 20.0 Å². The number of carbonyl (C=O) groups is 2. The Hall–Kier alpha value is -2.42. The Morgan fingerprint density at radius 1 is 1.09 bits per heavy atom. The molecular formula is C25H31BrN4O3. The summed E-state index contributed by atoms with van der Waals surface area (Å²) in [4.78, 5) is 36.3. The van der Waals surface area contributed by atoms with Crippen molar-refractivity contribution in [3.05, 3.63) is 58.1 Å². The van der Waals surface area contributed by atoms with E-state index in [0.29, 0.717) is 35.2 Å². The largest absolute Gasteiger partial charge is 0.381 e. The average molecular weight is 515 g/mol. The van der Waals surface area contributed by atoms with Crippen LogP contribution in [0.5, 0.6) is 0 Å². The fraction of sp³-hybridized carbons (Fsp3) is 0.440. The molecule has 2 aromatic carbocycles. The number of rotatable bonds is 5. The molecule has 1 atom stereocenters. The molecule has 0 aromatic heterocycles. The Balaban J connectivity index is 1.50. The van der Waals surface area contributed by atoms with Crippen molar-refractivity contribution in [3.8, 4) is 0 Å². The quantitative estimate of drug-likeness (QED) is 0.637. The molecule has 2 aromatic rings. The molecule has 4 rings (SSSR count). The third-order valence-electron chi connectivity index (χ3n) is 6.14. The fourth-order valence-electron chi connectivity index (χ4n) is 4.32. The predicted octanol–water partition coefficient (Wildman–Crippen LogP) is 4.40. The molecule has 2 aliphatic rings. The van der Waals surface area contributed by atoms with Gasteiger partial charge in [0.25, 0.3) is 5.91 Å². The summed E-state index contributed by atoms with van der Waals surface area (Å²) < 4.78 is 0.611. The number of halogens is 1. The zero-order chi connectivity index (χ0) is 23.4. The molecular weight excluding hydrogens is 484 g/mol. The number of para-hydroxylation sites is 2. The van der Waals surface area contributed by atoms with Crippen LogP contribution in [0.15, 0.2) is 46.9 Å². The van der Waals surface area contributed by atoms with Crippen LogP contribution in [0.25, 0.3) is 0 Å². The number of benzene rings is 2. The minimum atomic E-state index is -0.452. The van der Waals surface area contributed by atoms with Gasteiger partial charge in [-0.25, -0.2) is 4.79 Å². The Morgan fingerprint density at radius 2 is 1.85 bits per heavy atom. The van der Waals surface area contributed by atoms with Crippen LogP contribution >= 0.6 is 15.9 Å². The van der Waals surface area contributed by atoms with Crippen molar-refractivity contribution >= 4 is 39.2 Å². The molecule has 1 N–H and O–H groups in total. The second-order valence-electron chi connectivity index (χ2n) is 8.65. The van der Waals surface area contributed by atoms with Gasteiger partial charge in [-0.3, -0.25) is 4.79 Å². The van der Waals surface area contributed by atoms with E-state index in [1.807, 2.05) is 24.3 Å². The third kappa shape index (κ3) is 5.57. The van der Waals surface area contributed by atoms with Crippen LogP contribution in [0.2, 0.25) is 0 Å². The van der Waals surface area contributed by atoms with Crippen molar-refractivity contribution in [3.63, 3.8) is 0 Å². The molecule has 0 bridgehead atoms. The number of fused-ring (bicyclic) bond motifs is 1. The van der Waals surface area contributed by atoms with Gasteiger partial charge in [-0.15, -0.1) is 5.06 Å². The number of nitrogens with one attached hydrogen (secondary N) is 1. The number of piperazine rings is 1. The third-order valence-corrected chi connectivity index (χ3v) is 6.84. The molecule has 0 spiro atoms. The highest BCUT2D eigenvalue weighted by molar-refractivity contribution is 9.10. The molecule has 176 valence electrons. The van der Waals surface area contributed by atoms with Gasteiger partial charge >= 0.3 is 5.97 Å². The fourth-order valence-corrected chi connectivity index (χ4v) is 4.73. The highest BCUT2D eigenvalue weighted by Gasteiger charge is 2.26. The smallest absolute Gasteiger partial charge is 0.358 e. The molecule has 0 saturated carbocycles. The topological polar surface area (TPSA) is 65.1 Å². The molecule has 1 fully saturated rings. The van der Waals surface area contributed by atoms with E-state index in [4.69, 9.17) is 4.84 Å². The molecule has 1 saturated heterocycles. The van der Waals surface area contributed by atoms with Crippen molar-refractivity contribution in [2.45, 2.75) is 32.7 Å². The van der Waals surface area contributed by atoms with Crippen molar-refractivity contribution in [1.82, 2.24) is 9.96 Å². The molecule has 2 heterocycles.